The molecule has 17 nitrogen and oxygen atoms in total. The first-order valence-electron chi connectivity index (χ1n) is 14.6. The monoisotopic (exact) mass is 851 g/mol. The Morgan fingerprint density at radius 2 is 1.42 bits per heavy atom. The molecule has 0 fully saturated rings. The predicted molar refractivity (Wildman–Crippen MR) is 185 cm³/mol. The van der Waals surface area contributed by atoms with E-state index in [4.69, 9.17) is 11.6 Å². The molecule has 268 valence electrons. The molecule has 6 aromatic rings. The van der Waals surface area contributed by atoms with Gasteiger partial charge in [-0.25, -0.2) is 25.3 Å². The summed E-state index contributed by atoms with van der Waals surface area (Å²) in [6, 6.07) is 19.4. The second kappa shape index (κ2) is 18.5. The van der Waals surface area contributed by atoms with Crippen LogP contribution in [0.4, 0.5) is 34.6 Å². The van der Waals surface area contributed by atoms with E-state index in [2.05, 4.69) is 30.5 Å². The van der Waals surface area contributed by atoms with Gasteiger partial charge in [0.05, 0.1) is 20.4 Å². The molecule has 6 rings (SSSR count). The van der Waals surface area contributed by atoms with Crippen LogP contribution in [0, 0.1) is 0 Å². The third kappa shape index (κ3) is 10.4. The molecular weight excluding hydrogens is 831 g/mol. The van der Waals surface area contributed by atoms with Gasteiger partial charge in [-0.2, -0.15) is 15.0 Å². The van der Waals surface area contributed by atoms with Gasteiger partial charge < -0.3 is 29.0 Å². The van der Waals surface area contributed by atoms with Gasteiger partial charge in [0.15, 0.2) is 5.75 Å². The Hall–Kier alpha value is -2.35. The fourth-order valence-corrected chi connectivity index (χ4v) is 7.51. The van der Waals surface area contributed by atoms with Crippen molar-refractivity contribution in [2.75, 3.05) is 16.8 Å². The summed E-state index contributed by atoms with van der Waals surface area (Å²) in [6.45, 7) is 2.15. The van der Waals surface area contributed by atoms with Gasteiger partial charge in [0, 0.05) is 23.0 Å². The largest absolute Gasteiger partial charge is 1.00 e. The molecule has 5 aromatic carbocycles. The summed E-state index contributed by atoms with van der Waals surface area (Å²) in [5, 5.41) is 20.8. The molecule has 2 N–H and O–H groups in total. The summed E-state index contributed by atoms with van der Waals surface area (Å²) in [5.74, 6) is -1.37. The minimum absolute atomic E-state index is 0. The average molecular weight is 852 g/mol. The first-order chi connectivity index (χ1) is 24.5. The van der Waals surface area contributed by atoms with Crippen LogP contribution in [0.3, 0.4) is 0 Å². The Morgan fingerprint density at radius 3 is 2.04 bits per heavy atom. The maximum atomic E-state index is 12.4. The first kappa shape index (κ1) is 47.0. The molecule has 0 spiro atoms. The molecule has 0 bridgehead atoms. The van der Waals surface area contributed by atoms with Gasteiger partial charge in [-0.15, -0.1) is 10.2 Å². The zero-order valence-corrected chi connectivity index (χ0v) is 38.4. The summed E-state index contributed by atoms with van der Waals surface area (Å²) in [4.78, 5) is 11.2. The Labute approximate surface area is 385 Å². The van der Waals surface area contributed by atoms with E-state index in [-0.39, 0.29) is 111 Å². The van der Waals surface area contributed by atoms with Crippen LogP contribution < -0.4 is 98.9 Å². The van der Waals surface area contributed by atoms with Crippen LogP contribution in [0.1, 0.15) is 6.92 Å². The number of phenolic OH excluding ortho intramolecular Hbond substituents is 1. The van der Waals surface area contributed by atoms with E-state index in [1.54, 1.807) is 48.2 Å². The number of aromatic nitrogens is 3. The fraction of sp³-hybridized carbons (Fsp3) is 0.0645. The van der Waals surface area contributed by atoms with Crippen LogP contribution in [-0.4, -0.2) is 65.5 Å². The molecule has 24 heteroatoms. The number of halogens is 1. The van der Waals surface area contributed by atoms with Gasteiger partial charge in [0.1, 0.15) is 41.7 Å². The maximum absolute atomic E-state index is 12.4. The second-order valence-electron chi connectivity index (χ2n) is 10.8. The summed E-state index contributed by atoms with van der Waals surface area (Å²) < 4.78 is 111. The third-order valence-electron chi connectivity index (χ3n) is 7.52. The Bertz CT molecular complexity index is 2790. The molecule has 0 radical (unpaired) electrons. The smallest absolute Gasteiger partial charge is 0.744 e. The molecule has 0 aliphatic rings. The first-order valence-corrected chi connectivity index (χ1v) is 19.2. The number of phenols is 1. The van der Waals surface area contributed by atoms with Crippen molar-refractivity contribution < 1.29 is 133 Å². The van der Waals surface area contributed by atoms with Crippen molar-refractivity contribution in [3.05, 3.63) is 90.2 Å². The summed E-state index contributed by atoms with van der Waals surface area (Å²) in [7, 11) is -16.0. The number of hydrogen-bond acceptors (Lipinski definition) is 17. The van der Waals surface area contributed by atoms with Crippen molar-refractivity contribution in [2.45, 2.75) is 21.6 Å². The van der Waals surface area contributed by atoms with E-state index in [9.17, 15) is 44.0 Å². The van der Waals surface area contributed by atoms with Gasteiger partial charge in [-0.1, -0.05) is 48.5 Å². The van der Waals surface area contributed by atoms with Crippen molar-refractivity contribution in [3.63, 3.8) is 0 Å². The topological polar surface area (TPSA) is 270 Å². The number of rotatable bonds is 10. The number of anilines is 4. The molecule has 1 aromatic heterocycles. The van der Waals surface area contributed by atoms with Crippen LogP contribution in [0.2, 0.25) is 5.28 Å². The number of hydrogen-bond donors (Lipinski definition) is 2. The van der Waals surface area contributed by atoms with Crippen molar-refractivity contribution in [3.8, 4) is 5.75 Å². The quantitative estimate of drug-likeness (QED) is 0.0772. The molecule has 1 heterocycles. The van der Waals surface area contributed by atoms with Crippen molar-refractivity contribution in [1.82, 2.24) is 15.0 Å². The van der Waals surface area contributed by atoms with E-state index in [1.165, 1.54) is 24.3 Å². The summed E-state index contributed by atoms with van der Waals surface area (Å²) in [5.41, 5.74) is -1.30. The van der Waals surface area contributed by atoms with Crippen LogP contribution in [0.5, 0.6) is 5.75 Å². The number of para-hydroxylation sites is 1. The molecular formula is C31H21ClN7Na3O10S3. The van der Waals surface area contributed by atoms with E-state index >= 15 is 0 Å². The molecule has 0 amide bonds. The van der Waals surface area contributed by atoms with E-state index in [1.807, 2.05) is 0 Å². The van der Waals surface area contributed by atoms with Crippen LogP contribution >= 0.6 is 11.6 Å². The molecule has 0 unspecified atom stereocenters. The fourth-order valence-electron chi connectivity index (χ4n) is 5.35. The Kier molecular flexibility index (Phi) is 15.8. The van der Waals surface area contributed by atoms with Gasteiger partial charge in [-0.3, -0.25) is 0 Å². The minimum atomic E-state index is -5.54. The van der Waals surface area contributed by atoms with Gasteiger partial charge in [-0.05, 0) is 65.7 Å². The molecule has 55 heavy (non-hydrogen) atoms. The maximum Gasteiger partial charge on any atom is 1.00 e. The third-order valence-corrected chi connectivity index (χ3v) is 10.3. The summed E-state index contributed by atoms with van der Waals surface area (Å²) >= 11 is 6.22. The molecule has 0 saturated heterocycles. The number of nitrogens with one attached hydrogen (secondary N) is 1. The van der Waals surface area contributed by atoms with Crippen molar-refractivity contribution >= 4 is 98.1 Å². The Balaban J connectivity index is 0.00000271. The van der Waals surface area contributed by atoms with E-state index in [0.29, 0.717) is 29.8 Å². The van der Waals surface area contributed by atoms with Gasteiger partial charge >= 0.3 is 88.7 Å². The van der Waals surface area contributed by atoms with Gasteiger partial charge in [0.2, 0.25) is 17.2 Å². The predicted octanol–water partition coefficient (Wildman–Crippen LogP) is -3.42. The molecule has 0 atom stereocenters. The Morgan fingerprint density at radius 1 is 0.764 bits per heavy atom. The zero-order valence-electron chi connectivity index (χ0n) is 29.2. The van der Waals surface area contributed by atoms with Crippen molar-refractivity contribution in [1.29, 1.82) is 0 Å². The van der Waals surface area contributed by atoms with Crippen LogP contribution in [-0.2, 0) is 30.4 Å². The standard InChI is InChI=1S/C31H24ClN7O10S3.3Na/c1-2-39(19-9-4-3-5-10-19)31-35-29(32)34-30(36-31)33-23-16-20(50(41,42)43)14-18-15-24(51(44,45)46)26(27(40)25(18)23)38-37-22-13-12-17-8-6-7-11-21(17)28(22)52(47,48)49;;;/h3-16,40H,2H2,1H3,(H,41,42,43)(H,44,45,46)(H,47,48,49)(H,33,34,35,36);;;/q;3*+1/p-3. The number of aromatic hydroxyl groups is 1. The zero-order chi connectivity index (χ0) is 37.6. The van der Waals surface area contributed by atoms with Crippen LogP contribution in [0.25, 0.3) is 21.5 Å². The number of azo groups is 1. The SMILES string of the molecule is CCN(c1ccccc1)c1nc(Cl)nc(Nc2cc(S(=O)(=O)[O-])cc3cc(S(=O)(=O)[O-])c(N=Nc4ccc5ccccc5c4S(=O)(=O)[O-])c(O)c23)n1.[Na+].[Na+].[Na+]. The average Bonchev–Trinajstić information content (AvgIpc) is 3.06. The summed E-state index contributed by atoms with van der Waals surface area (Å²) in [6.07, 6.45) is 0. The van der Waals surface area contributed by atoms with E-state index < -0.39 is 78.6 Å². The number of benzene rings is 5. The number of nitrogens with zero attached hydrogens (tertiary/aromatic N) is 6. The van der Waals surface area contributed by atoms with E-state index in [0.717, 1.165) is 12.1 Å². The molecule has 0 aliphatic heterocycles. The van der Waals surface area contributed by atoms with Crippen molar-refractivity contribution in [2.24, 2.45) is 10.2 Å². The van der Waals surface area contributed by atoms with Crippen LogP contribution in [0.15, 0.2) is 110 Å². The molecule has 0 saturated carbocycles. The minimum Gasteiger partial charge on any atom is -0.744 e. The second-order valence-corrected chi connectivity index (χ2v) is 15.2. The van der Waals surface area contributed by atoms with Gasteiger partial charge in [0.25, 0.3) is 0 Å². The molecule has 0 aliphatic carbocycles. The number of fused-ring (bicyclic) bond motifs is 2. The normalized spacial score (nSPS) is 11.8.